The molecule has 7 heteroatoms. The van der Waals surface area contributed by atoms with Crippen molar-refractivity contribution in [1.82, 2.24) is 20.8 Å². The summed E-state index contributed by atoms with van der Waals surface area (Å²) in [7, 11) is 1.61. The standard InChI is InChI=1S/C22H22N4O3/c1-3-4-11-23-22(28)24-16-10-7-14-12-17-19(18(14)21(16)27)20(26-25-17)13-5-8-15(29-2)9-6-13/h5-10,12,25H,3-4,11H2,1-2H3,(H2,23,24,28). The summed E-state index contributed by atoms with van der Waals surface area (Å²) in [5, 5.41) is 14.4. The number of allylic oxidation sites excluding steroid dienone is 4. The van der Waals surface area contributed by atoms with Gasteiger partial charge in [-0.25, -0.2) is 4.79 Å². The number of unbranched alkanes of at least 4 members (excludes halogenated alkanes) is 1. The van der Waals surface area contributed by atoms with Crippen LogP contribution in [0.15, 0.2) is 47.7 Å². The molecular formula is C22H22N4O3. The molecule has 2 aliphatic rings. The van der Waals surface area contributed by atoms with Crippen molar-refractivity contribution >= 4 is 23.5 Å². The van der Waals surface area contributed by atoms with Crippen molar-refractivity contribution in [3.8, 4) is 17.0 Å². The molecule has 0 unspecified atom stereocenters. The van der Waals surface area contributed by atoms with Gasteiger partial charge in [-0.05, 0) is 48.4 Å². The van der Waals surface area contributed by atoms with E-state index in [1.165, 1.54) is 0 Å². The topological polar surface area (TPSA) is 96.1 Å². The number of rotatable bonds is 6. The van der Waals surface area contributed by atoms with E-state index in [1.54, 1.807) is 13.2 Å². The van der Waals surface area contributed by atoms with E-state index in [1.807, 2.05) is 36.4 Å². The predicted octanol–water partition coefficient (Wildman–Crippen LogP) is 1.52. The normalized spacial score (nSPS) is 14.4. The molecule has 1 aromatic heterocycles. The maximum absolute atomic E-state index is 13.1. The summed E-state index contributed by atoms with van der Waals surface area (Å²) >= 11 is 0. The van der Waals surface area contributed by atoms with Gasteiger partial charge in [0.2, 0.25) is 5.78 Å². The van der Waals surface area contributed by atoms with Crippen LogP contribution >= 0.6 is 0 Å². The van der Waals surface area contributed by atoms with Crippen LogP contribution in [0.5, 0.6) is 5.75 Å². The number of carbonyl (C=O) groups is 2. The SMILES string of the molecule is CCCCNC(=O)NC1=CC=C2C=c3[nH]nc(-c4ccc(OC)cc4)c3=C2C1=O. The van der Waals surface area contributed by atoms with Crippen LogP contribution in [0.25, 0.3) is 22.9 Å². The summed E-state index contributed by atoms with van der Waals surface area (Å²) in [6, 6.07) is 7.14. The lowest BCUT2D eigenvalue weighted by Crippen LogP contribution is -2.39. The third-order valence-corrected chi connectivity index (χ3v) is 4.96. The number of benzene rings is 1. The van der Waals surface area contributed by atoms with Crippen LogP contribution < -0.4 is 25.9 Å². The Morgan fingerprint density at radius 3 is 2.72 bits per heavy atom. The van der Waals surface area contributed by atoms with E-state index in [0.29, 0.717) is 17.8 Å². The van der Waals surface area contributed by atoms with Gasteiger partial charge >= 0.3 is 6.03 Å². The summed E-state index contributed by atoms with van der Waals surface area (Å²) in [6.45, 7) is 2.62. The van der Waals surface area contributed by atoms with Crippen molar-refractivity contribution < 1.29 is 14.3 Å². The highest BCUT2D eigenvalue weighted by Crippen LogP contribution is 2.26. The number of H-pyrrole nitrogens is 1. The van der Waals surface area contributed by atoms with Crippen LogP contribution in [0.1, 0.15) is 19.8 Å². The molecule has 1 heterocycles. The van der Waals surface area contributed by atoms with Crippen LogP contribution in [-0.4, -0.2) is 35.7 Å². The van der Waals surface area contributed by atoms with E-state index < -0.39 is 0 Å². The second-order valence-corrected chi connectivity index (χ2v) is 6.87. The quantitative estimate of drug-likeness (QED) is 0.652. The maximum Gasteiger partial charge on any atom is 0.319 e. The molecule has 148 valence electrons. The van der Waals surface area contributed by atoms with Crippen molar-refractivity contribution in [1.29, 1.82) is 0 Å². The lowest BCUT2D eigenvalue weighted by Gasteiger charge is -2.15. The van der Waals surface area contributed by atoms with E-state index >= 15 is 0 Å². The summed E-state index contributed by atoms with van der Waals surface area (Å²) < 4.78 is 5.21. The second kappa shape index (κ2) is 7.79. The molecule has 0 saturated heterocycles. The van der Waals surface area contributed by atoms with Crippen molar-refractivity contribution in [2.45, 2.75) is 19.8 Å². The molecule has 0 saturated carbocycles. The van der Waals surface area contributed by atoms with Crippen molar-refractivity contribution in [2.75, 3.05) is 13.7 Å². The molecule has 0 aliphatic heterocycles. The van der Waals surface area contributed by atoms with Crippen molar-refractivity contribution in [3.05, 3.63) is 58.3 Å². The Hall–Kier alpha value is -3.61. The molecule has 2 aliphatic carbocycles. The lowest BCUT2D eigenvalue weighted by atomic mass is 9.95. The Morgan fingerprint density at radius 1 is 1.21 bits per heavy atom. The van der Waals surface area contributed by atoms with Gasteiger partial charge in [0.15, 0.2) is 0 Å². The van der Waals surface area contributed by atoms with Crippen LogP contribution in [0.4, 0.5) is 4.79 Å². The summed E-state index contributed by atoms with van der Waals surface area (Å²) in [4.78, 5) is 25.2. The van der Waals surface area contributed by atoms with Gasteiger partial charge in [-0.2, -0.15) is 5.10 Å². The van der Waals surface area contributed by atoms with Crippen molar-refractivity contribution in [2.24, 2.45) is 0 Å². The van der Waals surface area contributed by atoms with Crippen LogP contribution in [0.3, 0.4) is 0 Å². The average Bonchev–Trinajstić information content (AvgIpc) is 3.30. The molecule has 2 aromatic rings. The Balaban J connectivity index is 1.67. The van der Waals surface area contributed by atoms with Crippen LogP contribution in [0.2, 0.25) is 0 Å². The number of Topliss-reactive ketones (excluding diaryl/α,β-unsaturated/α-hetero) is 1. The minimum absolute atomic E-state index is 0.223. The molecular weight excluding hydrogens is 368 g/mol. The number of nitrogens with one attached hydrogen (secondary N) is 3. The minimum Gasteiger partial charge on any atom is -0.497 e. The van der Waals surface area contributed by atoms with Gasteiger partial charge < -0.3 is 15.4 Å². The Kier molecular flexibility index (Phi) is 5.03. The van der Waals surface area contributed by atoms with Gasteiger partial charge in [-0.1, -0.05) is 19.4 Å². The summed E-state index contributed by atoms with van der Waals surface area (Å²) in [5.74, 6) is 0.525. The van der Waals surface area contributed by atoms with Gasteiger partial charge in [-0.15, -0.1) is 0 Å². The molecule has 2 amide bonds. The van der Waals surface area contributed by atoms with Crippen LogP contribution in [-0.2, 0) is 4.79 Å². The third kappa shape index (κ3) is 3.47. The largest absolute Gasteiger partial charge is 0.497 e. The van der Waals surface area contributed by atoms with Gasteiger partial charge in [0.05, 0.1) is 18.2 Å². The average molecular weight is 390 g/mol. The third-order valence-electron chi connectivity index (χ3n) is 4.96. The number of nitrogens with zero attached hydrogens (tertiary/aromatic N) is 1. The first-order chi connectivity index (χ1) is 14.1. The molecule has 0 fully saturated rings. The number of aromatic nitrogens is 2. The van der Waals surface area contributed by atoms with E-state index in [4.69, 9.17) is 4.74 Å². The number of urea groups is 1. The van der Waals surface area contributed by atoms with Crippen molar-refractivity contribution in [3.63, 3.8) is 0 Å². The van der Waals surface area contributed by atoms with Gasteiger partial charge in [0.1, 0.15) is 11.4 Å². The fourth-order valence-corrected chi connectivity index (χ4v) is 3.45. The number of hydrogen-bond acceptors (Lipinski definition) is 4. The first-order valence-corrected chi connectivity index (χ1v) is 9.59. The number of carbonyl (C=O) groups excluding carboxylic acids is 2. The highest BCUT2D eigenvalue weighted by molar-refractivity contribution is 6.32. The van der Waals surface area contributed by atoms with E-state index in [-0.39, 0.29) is 17.5 Å². The molecule has 4 rings (SSSR count). The molecule has 0 spiro atoms. The van der Waals surface area contributed by atoms with Gasteiger partial charge in [-0.3, -0.25) is 9.89 Å². The monoisotopic (exact) mass is 390 g/mol. The summed E-state index contributed by atoms with van der Waals surface area (Å²) in [6.07, 6.45) is 7.25. The number of fused-ring (bicyclic) bond motifs is 2. The maximum atomic E-state index is 13.1. The zero-order chi connectivity index (χ0) is 20.4. The zero-order valence-corrected chi connectivity index (χ0v) is 16.3. The number of hydrogen-bond donors (Lipinski definition) is 3. The Bertz CT molecular complexity index is 1150. The number of ketones is 1. The molecule has 0 radical (unpaired) electrons. The first-order valence-electron chi connectivity index (χ1n) is 9.59. The highest BCUT2D eigenvalue weighted by atomic mass is 16.5. The second-order valence-electron chi connectivity index (χ2n) is 6.87. The highest BCUT2D eigenvalue weighted by Gasteiger charge is 2.28. The Morgan fingerprint density at radius 2 is 2.00 bits per heavy atom. The van der Waals surface area contributed by atoms with Crippen LogP contribution in [0, 0.1) is 0 Å². The number of methoxy groups -OCH3 is 1. The molecule has 1 aromatic carbocycles. The van der Waals surface area contributed by atoms with E-state index in [0.717, 1.165) is 40.3 Å². The Labute approximate surface area is 167 Å². The smallest absolute Gasteiger partial charge is 0.319 e. The number of amides is 2. The molecule has 29 heavy (non-hydrogen) atoms. The lowest BCUT2D eigenvalue weighted by molar-refractivity contribution is -0.110. The van der Waals surface area contributed by atoms with E-state index in [2.05, 4.69) is 27.8 Å². The zero-order valence-electron chi connectivity index (χ0n) is 16.3. The fourth-order valence-electron chi connectivity index (χ4n) is 3.45. The molecule has 7 nitrogen and oxygen atoms in total. The molecule has 0 bridgehead atoms. The molecule has 3 N–H and O–H groups in total. The first kappa shape index (κ1) is 18.7. The van der Waals surface area contributed by atoms with Gasteiger partial charge in [0, 0.05) is 22.9 Å². The summed E-state index contributed by atoms with van der Waals surface area (Å²) in [5.41, 5.74) is 3.18. The molecule has 0 atom stereocenters. The number of ether oxygens (including phenoxy) is 1. The van der Waals surface area contributed by atoms with Gasteiger partial charge in [0.25, 0.3) is 0 Å². The predicted molar refractivity (Wildman–Crippen MR) is 110 cm³/mol. The minimum atomic E-state index is -0.375. The number of aromatic amines is 1. The van der Waals surface area contributed by atoms with E-state index in [9.17, 15) is 9.59 Å². The fraction of sp³-hybridized carbons (Fsp3) is 0.227.